The predicted molar refractivity (Wildman–Crippen MR) is 77.7 cm³/mol. The maximum atomic E-state index is 8.68. The smallest absolute Gasteiger partial charge is 0.0521 e. The molecule has 96 valence electrons. The van der Waals surface area contributed by atoms with Crippen LogP contribution in [-0.4, -0.2) is 23.2 Å². The minimum Gasteiger partial charge on any atom is -0.396 e. The average Bonchev–Trinajstić information content (AvgIpc) is 2.35. The lowest BCUT2D eigenvalue weighted by atomic mass is 9.80. The summed E-state index contributed by atoms with van der Waals surface area (Å²) in [4.78, 5) is 0. The number of aliphatic hydroxyl groups is 1. The van der Waals surface area contributed by atoms with Crippen molar-refractivity contribution in [2.24, 2.45) is 0 Å². The van der Waals surface area contributed by atoms with Crippen molar-refractivity contribution in [3.8, 4) is 0 Å². The Morgan fingerprint density at radius 3 is 2.41 bits per heavy atom. The molecule has 2 heteroatoms. The molecule has 0 fully saturated rings. The molecule has 0 amide bonds. The van der Waals surface area contributed by atoms with Crippen molar-refractivity contribution in [2.75, 3.05) is 18.1 Å². The van der Waals surface area contributed by atoms with Crippen molar-refractivity contribution >= 4 is 11.8 Å². The quantitative estimate of drug-likeness (QED) is 0.709. The fraction of sp³-hybridized carbons (Fsp3) is 0.600. The second-order valence-electron chi connectivity index (χ2n) is 5.04. The third-order valence-corrected chi connectivity index (χ3v) is 4.18. The van der Waals surface area contributed by atoms with Crippen LogP contribution in [-0.2, 0) is 5.41 Å². The highest BCUT2D eigenvalue weighted by atomic mass is 32.2. The Hall–Kier alpha value is -0.470. The molecule has 0 aliphatic heterocycles. The summed E-state index contributed by atoms with van der Waals surface area (Å²) in [6.07, 6.45) is 3.75. The van der Waals surface area contributed by atoms with E-state index in [0.717, 1.165) is 5.75 Å². The summed E-state index contributed by atoms with van der Waals surface area (Å²) >= 11 is 1.85. The number of thioether (sulfide) groups is 1. The fourth-order valence-electron chi connectivity index (χ4n) is 1.97. The van der Waals surface area contributed by atoms with Crippen molar-refractivity contribution in [3.05, 3.63) is 35.9 Å². The van der Waals surface area contributed by atoms with Gasteiger partial charge >= 0.3 is 0 Å². The first kappa shape index (κ1) is 14.6. The van der Waals surface area contributed by atoms with Gasteiger partial charge in [0.05, 0.1) is 6.61 Å². The standard InChI is InChI=1S/C15H24OS/c1-15(2,14-8-4-3-5-9-14)10-6-7-12-17-13-11-16/h3-5,8-9,16H,6-7,10-13H2,1-2H3. The molecule has 1 N–H and O–H groups in total. The summed E-state index contributed by atoms with van der Waals surface area (Å²) in [5.41, 5.74) is 1.71. The first-order valence-corrected chi connectivity index (χ1v) is 7.56. The maximum absolute atomic E-state index is 8.68. The Labute approximate surface area is 110 Å². The van der Waals surface area contributed by atoms with Gasteiger partial charge < -0.3 is 5.11 Å². The number of hydrogen-bond donors (Lipinski definition) is 1. The van der Waals surface area contributed by atoms with Gasteiger partial charge in [-0.2, -0.15) is 11.8 Å². The number of unbranched alkanes of at least 4 members (excludes halogenated alkanes) is 1. The highest BCUT2D eigenvalue weighted by Gasteiger charge is 2.19. The van der Waals surface area contributed by atoms with Gasteiger partial charge in [-0.15, -0.1) is 0 Å². The van der Waals surface area contributed by atoms with Gasteiger partial charge in [-0.05, 0) is 29.6 Å². The van der Waals surface area contributed by atoms with Crippen molar-refractivity contribution in [1.29, 1.82) is 0 Å². The molecule has 0 atom stereocenters. The number of hydrogen-bond acceptors (Lipinski definition) is 2. The second kappa shape index (κ2) is 7.78. The van der Waals surface area contributed by atoms with Crippen LogP contribution >= 0.6 is 11.8 Å². The van der Waals surface area contributed by atoms with E-state index < -0.39 is 0 Å². The van der Waals surface area contributed by atoms with Crippen LogP contribution in [0.1, 0.15) is 38.7 Å². The first-order valence-electron chi connectivity index (χ1n) is 6.41. The Balaban J connectivity index is 2.26. The normalized spacial score (nSPS) is 11.7. The van der Waals surface area contributed by atoms with Crippen molar-refractivity contribution in [3.63, 3.8) is 0 Å². The van der Waals surface area contributed by atoms with Gasteiger partial charge in [0.15, 0.2) is 0 Å². The van der Waals surface area contributed by atoms with Gasteiger partial charge in [-0.3, -0.25) is 0 Å². The summed E-state index contributed by atoms with van der Waals surface area (Å²) in [6, 6.07) is 10.8. The lowest BCUT2D eigenvalue weighted by Crippen LogP contribution is -2.16. The lowest BCUT2D eigenvalue weighted by Gasteiger charge is -2.25. The van der Waals surface area contributed by atoms with Crippen molar-refractivity contribution in [2.45, 2.75) is 38.5 Å². The van der Waals surface area contributed by atoms with Crippen LogP contribution in [0.4, 0.5) is 0 Å². The van der Waals surface area contributed by atoms with Crippen LogP contribution in [0.3, 0.4) is 0 Å². The zero-order valence-corrected chi connectivity index (χ0v) is 11.8. The topological polar surface area (TPSA) is 20.2 Å². The molecule has 0 saturated heterocycles. The molecule has 0 spiro atoms. The summed E-state index contributed by atoms with van der Waals surface area (Å²) in [5, 5.41) is 8.68. The first-order chi connectivity index (χ1) is 8.17. The summed E-state index contributed by atoms with van der Waals surface area (Å²) < 4.78 is 0. The average molecular weight is 252 g/mol. The van der Waals surface area contributed by atoms with Crippen LogP contribution in [0, 0.1) is 0 Å². The summed E-state index contributed by atoms with van der Waals surface area (Å²) in [5.74, 6) is 2.05. The maximum Gasteiger partial charge on any atom is 0.0521 e. The molecule has 0 radical (unpaired) electrons. The van der Waals surface area contributed by atoms with Gasteiger partial charge in [-0.1, -0.05) is 50.6 Å². The number of aliphatic hydroxyl groups excluding tert-OH is 1. The molecule has 1 aromatic rings. The van der Waals surface area contributed by atoms with Gasteiger partial charge in [0.25, 0.3) is 0 Å². The van der Waals surface area contributed by atoms with E-state index in [4.69, 9.17) is 5.11 Å². The van der Waals surface area contributed by atoms with E-state index in [-0.39, 0.29) is 5.41 Å². The van der Waals surface area contributed by atoms with E-state index >= 15 is 0 Å². The van der Waals surface area contributed by atoms with E-state index in [1.807, 2.05) is 11.8 Å². The van der Waals surface area contributed by atoms with Crippen LogP contribution in [0.25, 0.3) is 0 Å². The molecule has 0 aliphatic carbocycles. The predicted octanol–water partition coefficient (Wildman–Crippen LogP) is 3.86. The molecule has 1 nitrogen and oxygen atoms in total. The molecule has 0 bridgehead atoms. The Morgan fingerprint density at radius 1 is 1.06 bits per heavy atom. The monoisotopic (exact) mass is 252 g/mol. The SMILES string of the molecule is CC(C)(CCCCSCCO)c1ccccc1. The summed E-state index contributed by atoms with van der Waals surface area (Å²) in [7, 11) is 0. The highest BCUT2D eigenvalue weighted by molar-refractivity contribution is 7.99. The number of rotatable bonds is 8. The molecule has 1 aromatic carbocycles. The van der Waals surface area contributed by atoms with E-state index in [1.165, 1.54) is 30.6 Å². The highest BCUT2D eigenvalue weighted by Crippen LogP contribution is 2.28. The van der Waals surface area contributed by atoms with Gasteiger partial charge in [0, 0.05) is 5.75 Å². The van der Waals surface area contributed by atoms with Crippen LogP contribution < -0.4 is 0 Å². The molecule has 0 aliphatic rings. The van der Waals surface area contributed by atoms with Gasteiger partial charge in [0.1, 0.15) is 0 Å². The third-order valence-electron chi connectivity index (χ3n) is 3.13. The van der Waals surface area contributed by atoms with E-state index in [1.54, 1.807) is 0 Å². The minimum atomic E-state index is 0.281. The van der Waals surface area contributed by atoms with E-state index in [9.17, 15) is 0 Å². The minimum absolute atomic E-state index is 0.281. The molecule has 17 heavy (non-hydrogen) atoms. The Morgan fingerprint density at radius 2 is 1.76 bits per heavy atom. The largest absolute Gasteiger partial charge is 0.396 e. The molecule has 0 saturated carbocycles. The molecule has 0 unspecified atom stereocenters. The Kier molecular flexibility index (Phi) is 6.68. The molecule has 0 aromatic heterocycles. The molecular formula is C15H24OS. The Bertz CT molecular complexity index is 295. The molecule has 1 rings (SSSR count). The molecule has 0 heterocycles. The zero-order chi connectivity index (χ0) is 12.6. The fourth-order valence-corrected chi connectivity index (χ4v) is 2.71. The van der Waals surface area contributed by atoms with E-state index in [0.29, 0.717) is 6.61 Å². The summed E-state index contributed by atoms with van der Waals surface area (Å²) in [6.45, 7) is 4.95. The van der Waals surface area contributed by atoms with E-state index in [2.05, 4.69) is 44.2 Å². The third kappa shape index (κ3) is 5.60. The van der Waals surface area contributed by atoms with Gasteiger partial charge in [-0.25, -0.2) is 0 Å². The molecular weight excluding hydrogens is 228 g/mol. The zero-order valence-electron chi connectivity index (χ0n) is 11.0. The van der Waals surface area contributed by atoms with Crippen LogP contribution in [0.15, 0.2) is 30.3 Å². The lowest BCUT2D eigenvalue weighted by molar-refractivity contribution is 0.322. The van der Waals surface area contributed by atoms with Crippen LogP contribution in [0.2, 0.25) is 0 Å². The van der Waals surface area contributed by atoms with Crippen molar-refractivity contribution in [1.82, 2.24) is 0 Å². The van der Waals surface area contributed by atoms with Crippen LogP contribution in [0.5, 0.6) is 0 Å². The van der Waals surface area contributed by atoms with Crippen molar-refractivity contribution < 1.29 is 5.11 Å². The second-order valence-corrected chi connectivity index (χ2v) is 6.27. The number of benzene rings is 1. The van der Waals surface area contributed by atoms with Gasteiger partial charge in [0.2, 0.25) is 0 Å².